The third-order valence-electron chi connectivity index (χ3n) is 4.94. The Morgan fingerprint density at radius 3 is 2.79 bits per heavy atom. The highest BCUT2D eigenvalue weighted by molar-refractivity contribution is 7.99. The number of imidazole rings is 1. The largest absolute Gasteiger partial charge is 0.345 e. The van der Waals surface area contributed by atoms with Crippen molar-refractivity contribution in [2.45, 2.75) is 50.7 Å². The highest BCUT2D eigenvalue weighted by atomic mass is 32.2. The number of para-hydroxylation sites is 2. The van der Waals surface area contributed by atoms with Crippen LogP contribution in [0.4, 0.5) is 0 Å². The Kier molecular flexibility index (Phi) is 5.82. The maximum atomic E-state index is 12.5. The highest BCUT2D eigenvalue weighted by Crippen LogP contribution is 2.26. The van der Waals surface area contributed by atoms with Gasteiger partial charge in [-0.25, -0.2) is 4.98 Å². The van der Waals surface area contributed by atoms with Crippen molar-refractivity contribution in [3.05, 3.63) is 24.3 Å². The summed E-state index contributed by atoms with van der Waals surface area (Å²) in [4.78, 5) is 19.1. The van der Waals surface area contributed by atoms with E-state index in [1.807, 2.05) is 30.1 Å². The monoisotopic (exact) mass is 345 g/mol. The van der Waals surface area contributed by atoms with Crippen LogP contribution >= 0.6 is 11.8 Å². The molecule has 1 saturated carbocycles. The average molecular weight is 346 g/mol. The molecular weight excluding hydrogens is 318 g/mol. The number of carbonyl (C=O) groups is 1. The molecule has 1 aliphatic carbocycles. The first kappa shape index (κ1) is 17.3. The van der Waals surface area contributed by atoms with Crippen LogP contribution in [-0.2, 0) is 11.3 Å². The van der Waals surface area contributed by atoms with E-state index in [1.165, 1.54) is 32.1 Å². The fourth-order valence-corrected chi connectivity index (χ4v) is 4.58. The Morgan fingerprint density at radius 2 is 2.04 bits per heavy atom. The second-order valence-electron chi connectivity index (χ2n) is 6.69. The van der Waals surface area contributed by atoms with Gasteiger partial charge < -0.3 is 9.47 Å². The Bertz CT molecular complexity index is 691. The van der Waals surface area contributed by atoms with Crippen LogP contribution in [0.25, 0.3) is 11.0 Å². The van der Waals surface area contributed by atoms with Crippen LogP contribution < -0.4 is 0 Å². The van der Waals surface area contributed by atoms with Gasteiger partial charge >= 0.3 is 0 Å². The predicted octanol–water partition coefficient (Wildman–Crippen LogP) is 4.19. The van der Waals surface area contributed by atoms with Crippen LogP contribution in [0.2, 0.25) is 0 Å². The SMILES string of the molecule is CCn1c(SCC(=O)N(C)CC2CCCCC2)nc2ccccc21. The molecule has 1 aromatic carbocycles. The van der Waals surface area contributed by atoms with Crippen molar-refractivity contribution in [1.29, 1.82) is 0 Å². The van der Waals surface area contributed by atoms with Crippen molar-refractivity contribution in [2.75, 3.05) is 19.3 Å². The zero-order chi connectivity index (χ0) is 16.9. The molecule has 1 amide bonds. The smallest absolute Gasteiger partial charge is 0.232 e. The lowest BCUT2D eigenvalue weighted by molar-refractivity contribution is -0.127. The number of fused-ring (bicyclic) bond motifs is 1. The van der Waals surface area contributed by atoms with E-state index in [9.17, 15) is 4.79 Å². The van der Waals surface area contributed by atoms with Gasteiger partial charge in [0.2, 0.25) is 5.91 Å². The minimum Gasteiger partial charge on any atom is -0.345 e. The summed E-state index contributed by atoms with van der Waals surface area (Å²) in [6.07, 6.45) is 6.55. The number of carbonyl (C=O) groups excluding carboxylic acids is 1. The lowest BCUT2D eigenvalue weighted by Crippen LogP contribution is -2.33. The topological polar surface area (TPSA) is 38.1 Å². The third kappa shape index (κ3) is 3.94. The number of rotatable bonds is 6. The molecular formula is C19H27N3OS. The number of amides is 1. The maximum Gasteiger partial charge on any atom is 0.232 e. The van der Waals surface area contributed by atoms with Gasteiger partial charge in [0.05, 0.1) is 16.8 Å². The summed E-state index contributed by atoms with van der Waals surface area (Å²) in [5.41, 5.74) is 2.15. The molecule has 3 rings (SSSR count). The molecule has 1 heterocycles. The van der Waals surface area contributed by atoms with E-state index >= 15 is 0 Å². The highest BCUT2D eigenvalue weighted by Gasteiger charge is 2.19. The quantitative estimate of drug-likeness (QED) is 0.737. The first-order valence-corrected chi connectivity index (χ1v) is 9.99. The van der Waals surface area contributed by atoms with Gasteiger partial charge in [0.15, 0.2) is 5.16 Å². The van der Waals surface area contributed by atoms with E-state index < -0.39 is 0 Å². The average Bonchev–Trinajstić information content (AvgIpc) is 2.98. The van der Waals surface area contributed by atoms with E-state index in [0.29, 0.717) is 11.7 Å². The van der Waals surface area contributed by atoms with Gasteiger partial charge in [-0.05, 0) is 37.8 Å². The molecule has 2 aromatic rings. The Balaban J connectivity index is 1.59. The van der Waals surface area contributed by atoms with Crippen molar-refractivity contribution < 1.29 is 4.79 Å². The van der Waals surface area contributed by atoms with Crippen molar-refractivity contribution in [1.82, 2.24) is 14.5 Å². The van der Waals surface area contributed by atoms with Gasteiger partial charge in [-0.1, -0.05) is 43.2 Å². The lowest BCUT2D eigenvalue weighted by Gasteiger charge is -2.27. The standard InChI is InChI=1S/C19H27N3OS/c1-3-22-17-12-8-7-11-16(17)20-19(22)24-14-18(23)21(2)13-15-9-5-4-6-10-15/h7-8,11-12,15H,3-6,9-10,13-14H2,1-2H3. The summed E-state index contributed by atoms with van der Waals surface area (Å²) in [5.74, 6) is 1.37. The summed E-state index contributed by atoms with van der Waals surface area (Å²) in [6.45, 7) is 3.90. The molecule has 1 aromatic heterocycles. The van der Waals surface area contributed by atoms with Gasteiger partial charge in [-0.3, -0.25) is 4.79 Å². The van der Waals surface area contributed by atoms with E-state index in [4.69, 9.17) is 0 Å². The van der Waals surface area contributed by atoms with Gasteiger partial charge in [0, 0.05) is 20.1 Å². The van der Waals surface area contributed by atoms with Crippen LogP contribution in [0, 0.1) is 5.92 Å². The Hall–Kier alpha value is -1.49. The first-order valence-electron chi connectivity index (χ1n) is 9.01. The van der Waals surface area contributed by atoms with Crippen LogP contribution in [-0.4, -0.2) is 39.7 Å². The van der Waals surface area contributed by atoms with Crippen LogP contribution in [0.1, 0.15) is 39.0 Å². The third-order valence-corrected chi connectivity index (χ3v) is 5.90. The Morgan fingerprint density at radius 1 is 1.29 bits per heavy atom. The van der Waals surface area contributed by atoms with Crippen LogP contribution in [0.5, 0.6) is 0 Å². The minimum atomic E-state index is 0.209. The van der Waals surface area contributed by atoms with Gasteiger partial charge in [-0.15, -0.1) is 0 Å². The molecule has 24 heavy (non-hydrogen) atoms. The summed E-state index contributed by atoms with van der Waals surface area (Å²) in [5, 5.41) is 0.943. The predicted molar refractivity (Wildman–Crippen MR) is 100 cm³/mol. The fourth-order valence-electron chi connectivity index (χ4n) is 3.56. The van der Waals surface area contributed by atoms with Crippen LogP contribution in [0.15, 0.2) is 29.4 Å². The second kappa shape index (κ2) is 8.06. The van der Waals surface area contributed by atoms with E-state index in [2.05, 4.69) is 22.5 Å². The number of hydrogen-bond donors (Lipinski definition) is 0. The molecule has 1 aliphatic rings. The molecule has 0 radical (unpaired) electrons. The molecule has 0 N–H and O–H groups in total. The summed E-state index contributed by atoms with van der Waals surface area (Å²) in [7, 11) is 1.94. The molecule has 0 aliphatic heterocycles. The van der Waals surface area contributed by atoms with Crippen molar-refractivity contribution in [3.63, 3.8) is 0 Å². The Labute approximate surface area is 148 Å². The maximum absolute atomic E-state index is 12.5. The van der Waals surface area contributed by atoms with Crippen molar-refractivity contribution >= 4 is 28.7 Å². The molecule has 0 bridgehead atoms. The normalized spacial score (nSPS) is 15.8. The molecule has 5 heteroatoms. The molecule has 0 atom stereocenters. The van der Waals surface area contributed by atoms with E-state index in [1.54, 1.807) is 11.8 Å². The van der Waals surface area contributed by atoms with Crippen molar-refractivity contribution in [3.8, 4) is 0 Å². The lowest BCUT2D eigenvalue weighted by atomic mass is 9.89. The molecule has 0 spiro atoms. The van der Waals surface area contributed by atoms with Crippen molar-refractivity contribution in [2.24, 2.45) is 5.92 Å². The second-order valence-corrected chi connectivity index (χ2v) is 7.64. The molecule has 130 valence electrons. The molecule has 4 nitrogen and oxygen atoms in total. The van der Waals surface area contributed by atoms with E-state index in [0.717, 1.165) is 29.3 Å². The molecule has 0 unspecified atom stereocenters. The zero-order valence-electron chi connectivity index (χ0n) is 14.7. The van der Waals surface area contributed by atoms with Gasteiger partial charge in [0.25, 0.3) is 0 Å². The number of thioether (sulfide) groups is 1. The van der Waals surface area contributed by atoms with E-state index in [-0.39, 0.29) is 5.91 Å². The molecule has 1 fully saturated rings. The number of aryl methyl sites for hydroxylation is 1. The first-order chi connectivity index (χ1) is 11.7. The molecule has 0 saturated heterocycles. The number of benzene rings is 1. The summed E-state index contributed by atoms with van der Waals surface area (Å²) in [6, 6.07) is 8.16. The number of hydrogen-bond acceptors (Lipinski definition) is 3. The number of aromatic nitrogens is 2. The van der Waals surface area contributed by atoms with Gasteiger partial charge in [0.1, 0.15) is 0 Å². The zero-order valence-corrected chi connectivity index (χ0v) is 15.5. The van der Waals surface area contributed by atoms with Crippen LogP contribution in [0.3, 0.4) is 0 Å². The number of nitrogens with zero attached hydrogens (tertiary/aromatic N) is 3. The van der Waals surface area contributed by atoms with Gasteiger partial charge in [-0.2, -0.15) is 0 Å². The summed E-state index contributed by atoms with van der Waals surface area (Å²) >= 11 is 1.56. The minimum absolute atomic E-state index is 0.209. The fraction of sp³-hybridized carbons (Fsp3) is 0.579. The summed E-state index contributed by atoms with van der Waals surface area (Å²) < 4.78 is 2.19.